The van der Waals surface area contributed by atoms with E-state index in [1.165, 1.54) is 10.9 Å². The van der Waals surface area contributed by atoms with Gasteiger partial charge in [0.15, 0.2) is 11.6 Å². The van der Waals surface area contributed by atoms with E-state index in [1.807, 2.05) is 0 Å². The molecule has 4 rings (SSSR count). The highest BCUT2D eigenvalue weighted by Crippen LogP contribution is 2.67. The average Bonchev–Trinajstić information content (AvgIpc) is 3.51. The highest BCUT2D eigenvalue weighted by Gasteiger charge is 2.62. The fraction of sp³-hybridized carbons (Fsp3) is 0.727. The summed E-state index contributed by atoms with van der Waals surface area (Å²) < 4.78 is 32.8. The van der Waals surface area contributed by atoms with E-state index in [9.17, 15) is 24.5 Å². The number of nitrogens with two attached hydrogens (primary N) is 1. The first-order valence-electron chi connectivity index (χ1n) is 12.3. The van der Waals surface area contributed by atoms with Crippen LogP contribution in [0.15, 0.2) is 17.2 Å². The molecule has 0 aromatic carbocycles. The molecule has 2 saturated heterocycles. The lowest BCUT2D eigenvalue weighted by atomic mass is 9.88. The molecule has 0 aliphatic carbocycles. The molecule has 2 aromatic heterocycles. The van der Waals surface area contributed by atoms with Crippen molar-refractivity contribution in [3.63, 3.8) is 0 Å². The number of epoxide rings is 1. The van der Waals surface area contributed by atoms with E-state index in [1.54, 1.807) is 33.9 Å². The summed E-state index contributed by atoms with van der Waals surface area (Å²) in [5.74, 6) is -0.00535. The van der Waals surface area contributed by atoms with Crippen molar-refractivity contribution in [1.82, 2.24) is 24.5 Å². The van der Waals surface area contributed by atoms with Gasteiger partial charge < -0.3 is 30.3 Å². The van der Waals surface area contributed by atoms with Crippen LogP contribution in [0.5, 0.6) is 0 Å². The summed E-state index contributed by atoms with van der Waals surface area (Å²) in [5.41, 5.74) is 5.18. The van der Waals surface area contributed by atoms with Crippen LogP contribution < -0.4 is 11.4 Å². The SMILES string of the molecule is CCC(CC)(CC1OC(n2cc(Cn3cc(C)nn3)c(N)nc2=O)C(O)C1O)OP(=O)(O)C1(CC)CO1. The summed E-state index contributed by atoms with van der Waals surface area (Å²) in [6, 6.07) is 0. The molecule has 2 fully saturated rings. The molecule has 0 spiro atoms. The van der Waals surface area contributed by atoms with Crippen molar-refractivity contribution in [3.8, 4) is 0 Å². The van der Waals surface area contributed by atoms with Crippen LogP contribution in [0.2, 0.25) is 0 Å². The van der Waals surface area contributed by atoms with Crippen molar-refractivity contribution in [2.24, 2.45) is 0 Å². The van der Waals surface area contributed by atoms with E-state index in [0.29, 0.717) is 30.5 Å². The molecule has 37 heavy (non-hydrogen) atoms. The number of aryl methyl sites for hydroxylation is 1. The lowest BCUT2D eigenvalue weighted by Crippen LogP contribution is -2.41. The van der Waals surface area contributed by atoms with Crippen LogP contribution >= 0.6 is 7.60 Å². The van der Waals surface area contributed by atoms with Gasteiger partial charge in [0.05, 0.1) is 30.6 Å². The van der Waals surface area contributed by atoms with Gasteiger partial charge in [0.25, 0.3) is 0 Å². The van der Waals surface area contributed by atoms with E-state index in [-0.39, 0.29) is 25.4 Å². The number of aliphatic hydroxyl groups is 2. The number of ether oxygens (including phenoxy) is 2. The van der Waals surface area contributed by atoms with E-state index < -0.39 is 48.8 Å². The lowest BCUT2D eigenvalue weighted by Gasteiger charge is -2.37. The summed E-state index contributed by atoms with van der Waals surface area (Å²) in [7, 11) is -4.17. The van der Waals surface area contributed by atoms with Gasteiger partial charge in [0.2, 0.25) is 0 Å². The van der Waals surface area contributed by atoms with Gasteiger partial charge in [-0.05, 0) is 26.2 Å². The molecule has 0 radical (unpaired) electrons. The van der Waals surface area contributed by atoms with Crippen LogP contribution in [-0.4, -0.2) is 75.5 Å². The minimum Gasteiger partial charge on any atom is -0.388 e. The normalized spacial score (nSPS) is 29.4. The largest absolute Gasteiger partial charge is 0.388 e. The Bertz CT molecular complexity index is 1230. The molecule has 2 aromatic rings. The molecule has 2 aliphatic rings. The van der Waals surface area contributed by atoms with Gasteiger partial charge >= 0.3 is 13.3 Å². The number of hydrogen-bond donors (Lipinski definition) is 4. The van der Waals surface area contributed by atoms with Gasteiger partial charge in [-0.3, -0.25) is 13.7 Å². The lowest BCUT2D eigenvalue weighted by molar-refractivity contribution is -0.0745. The fourth-order valence-electron chi connectivity index (χ4n) is 4.67. The van der Waals surface area contributed by atoms with Crippen molar-refractivity contribution < 1.29 is 33.7 Å². The maximum atomic E-state index is 13.1. The smallest absolute Gasteiger partial charge is 0.362 e. The fourth-order valence-corrected chi connectivity index (χ4v) is 6.48. The minimum absolute atomic E-state index is 0.00130. The van der Waals surface area contributed by atoms with Gasteiger partial charge in [-0.25, -0.2) is 9.48 Å². The molecule has 2 aliphatic heterocycles. The highest BCUT2D eigenvalue weighted by molar-refractivity contribution is 7.54. The molecule has 206 valence electrons. The van der Waals surface area contributed by atoms with Gasteiger partial charge in [0.1, 0.15) is 18.0 Å². The second-order valence-electron chi connectivity index (χ2n) is 9.74. The number of aromatic nitrogens is 5. The van der Waals surface area contributed by atoms with Crippen LogP contribution in [0.25, 0.3) is 0 Å². The third-order valence-corrected chi connectivity index (χ3v) is 9.62. The first-order valence-corrected chi connectivity index (χ1v) is 13.9. The zero-order valence-corrected chi connectivity index (χ0v) is 22.2. The van der Waals surface area contributed by atoms with Crippen LogP contribution in [0, 0.1) is 6.92 Å². The molecule has 5 N–H and O–H groups in total. The van der Waals surface area contributed by atoms with Gasteiger partial charge in [-0.15, -0.1) is 5.10 Å². The Morgan fingerprint density at radius 2 is 1.95 bits per heavy atom. The highest BCUT2D eigenvalue weighted by atomic mass is 31.2. The third-order valence-electron chi connectivity index (χ3n) is 7.38. The predicted molar refractivity (Wildman–Crippen MR) is 131 cm³/mol. The summed E-state index contributed by atoms with van der Waals surface area (Å²) in [6.07, 6.45) is -1.04. The topological polar surface area (TPSA) is 200 Å². The van der Waals surface area contributed by atoms with Crippen LogP contribution in [0.3, 0.4) is 0 Å². The standard InChI is InChI=1S/C22H35N6O8P/c1-5-21(6-2,36-37(32,33)22(7-3)12-34-22)8-15-16(29)17(30)19(35-15)28-11-14(18(23)24-20(28)31)10-27-9-13(4)25-26-27/h9,11,15-17,19,29-30H,5-8,10,12H2,1-4H3,(H,32,33)(H2,23,24,31). The Morgan fingerprint density at radius 1 is 1.27 bits per heavy atom. The number of aliphatic hydroxyl groups excluding tert-OH is 2. The van der Waals surface area contributed by atoms with Crippen molar-refractivity contribution in [3.05, 3.63) is 34.1 Å². The number of rotatable bonds is 11. The summed E-state index contributed by atoms with van der Waals surface area (Å²) in [6.45, 7) is 7.44. The third kappa shape index (κ3) is 5.24. The first-order chi connectivity index (χ1) is 17.4. The summed E-state index contributed by atoms with van der Waals surface area (Å²) >= 11 is 0. The van der Waals surface area contributed by atoms with Crippen molar-refractivity contribution in [2.45, 2.75) is 95.4 Å². The van der Waals surface area contributed by atoms with Gasteiger partial charge in [0, 0.05) is 24.4 Å². The number of anilines is 1. The molecular formula is C22H35N6O8P. The van der Waals surface area contributed by atoms with E-state index >= 15 is 0 Å². The molecule has 0 saturated carbocycles. The predicted octanol–water partition coefficient (Wildman–Crippen LogP) is 0.680. The second-order valence-corrected chi connectivity index (χ2v) is 11.8. The van der Waals surface area contributed by atoms with E-state index in [0.717, 1.165) is 4.57 Å². The van der Waals surface area contributed by atoms with E-state index in [2.05, 4.69) is 15.3 Å². The molecule has 0 amide bonds. The Morgan fingerprint density at radius 3 is 2.49 bits per heavy atom. The van der Waals surface area contributed by atoms with Crippen molar-refractivity contribution in [2.75, 3.05) is 12.3 Å². The summed E-state index contributed by atoms with van der Waals surface area (Å²) in [4.78, 5) is 27.3. The maximum Gasteiger partial charge on any atom is 0.362 e. The molecule has 15 heteroatoms. The average molecular weight is 543 g/mol. The van der Waals surface area contributed by atoms with Crippen LogP contribution in [-0.2, 0) is 25.1 Å². The Balaban J connectivity index is 1.57. The van der Waals surface area contributed by atoms with E-state index in [4.69, 9.17) is 19.7 Å². The molecule has 6 atom stereocenters. The van der Waals surface area contributed by atoms with Gasteiger partial charge in [-0.1, -0.05) is 26.0 Å². The first kappa shape index (κ1) is 27.8. The second kappa shape index (κ2) is 10.2. The monoisotopic (exact) mass is 542 g/mol. The summed E-state index contributed by atoms with van der Waals surface area (Å²) in [5, 5.41) is 28.3. The minimum atomic E-state index is -4.17. The Kier molecular flexibility index (Phi) is 7.65. The Labute approximate surface area is 213 Å². The molecule has 6 unspecified atom stereocenters. The molecule has 4 heterocycles. The van der Waals surface area contributed by atoms with Gasteiger partial charge in [-0.2, -0.15) is 4.98 Å². The van der Waals surface area contributed by atoms with Crippen molar-refractivity contribution >= 4 is 13.4 Å². The van der Waals surface area contributed by atoms with Crippen LogP contribution in [0.1, 0.15) is 63.9 Å². The molecule has 14 nitrogen and oxygen atoms in total. The Hall–Kier alpha value is -2.19. The quantitative estimate of drug-likeness (QED) is 0.229. The number of nitrogens with zero attached hydrogens (tertiary/aromatic N) is 5. The number of nitrogen functional groups attached to an aromatic ring is 1. The zero-order chi connectivity index (χ0) is 27.2. The maximum absolute atomic E-state index is 13.1. The molecule has 0 bridgehead atoms. The molecular weight excluding hydrogens is 507 g/mol. The van der Waals surface area contributed by atoms with Crippen LogP contribution in [0.4, 0.5) is 5.82 Å². The zero-order valence-electron chi connectivity index (χ0n) is 21.4. The number of hydrogen-bond acceptors (Lipinski definition) is 11. The van der Waals surface area contributed by atoms with Crippen molar-refractivity contribution in [1.29, 1.82) is 0 Å².